The van der Waals surface area contributed by atoms with Crippen molar-refractivity contribution in [3.63, 3.8) is 0 Å². The molecule has 0 aliphatic rings. The standard InChI is InChI=1S/C9H12N2/c1-3-11(2)9-6-4-8(10)5-7-9/h3-7H,1,10H2,2H3. The summed E-state index contributed by atoms with van der Waals surface area (Å²) in [6, 6.07) is 7.65. The zero-order valence-electron chi connectivity index (χ0n) is 6.62. The summed E-state index contributed by atoms with van der Waals surface area (Å²) in [4.78, 5) is 1.93. The Kier molecular flexibility index (Phi) is 2.16. The minimum Gasteiger partial charge on any atom is -0.399 e. The number of rotatable bonds is 2. The summed E-state index contributed by atoms with van der Waals surface area (Å²) in [7, 11) is 1.94. The molecule has 11 heavy (non-hydrogen) atoms. The molecule has 2 N–H and O–H groups in total. The minimum atomic E-state index is 0.784. The van der Waals surface area contributed by atoms with E-state index in [0.29, 0.717) is 0 Å². The molecule has 0 radical (unpaired) electrons. The zero-order valence-corrected chi connectivity index (χ0v) is 6.62. The predicted octanol–water partition coefficient (Wildman–Crippen LogP) is 1.85. The van der Waals surface area contributed by atoms with Crippen LogP contribution in [0.4, 0.5) is 11.4 Å². The van der Waals surface area contributed by atoms with Gasteiger partial charge in [-0.2, -0.15) is 0 Å². The van der Waals surface area contributed by atoms with Gasteiger partial charge in [0.05, 0.1) is 0 Å². The lowest BCUT2D eigenvalue weighted by Gasteiger charge is -2.12. The molecule has 0 saturated heterocycles. The molecular weight excluding hydrogens is 136 g/mol. The third kappa shape index (κ3) is 1.74. The average molecular weight is 148 g/mol. The highest BCUT2D eigenvalue weighted by molar-refractivity contribution is 5.53. The number of nitrogens with zero attached hydrogens (tertiary/aromatic N) is 1. The lowest BCUT2D eigenvalue weighted by Crippen LogP contribution is -2.06. The van der Waals surface area contributed by atoms with Gasteiger partial charge in [-0.25, -0.2) is 0 Å². The number of hydrogen-bond donors (Lipinski definition) is 1. The quantitative estimate of drug-likeness (QED) is 0.648. The molecule has 0 saturated carbocycles. The summed E-state index contributed by atoms with van der Waals surface area (Å²) in [5.41, 5.74) is 7.40. The highest BCUT2D eigenvalue weighted by atomic mass is 15.1. The molecule has 0 bridgehead atoms. The molecule has 0 aliphatic carbocycles. The SMILES string of the molecule is C=CN(C)c1ccc(N)cc1. The Bertz CT molecular complexity index is 238. The summed E-state index contributed by atoms with van der Waals surface area (Å²) >= 11 is 0. The van der Waals surface area contributed by atoms with Gasteiger partial charge in [0.1, 0.15) is 0 Å². The van der Waals surface area contributed by atoms with Crippen LogP contribution in [0.1, 0.15) is 0 Å². The van der Waals surface area contributed by atoms with Gasteiger partial charge in [0, 0.05) is 18.4 Å². The van der Waals surface area contributed by atoms with E-state index in [9.17, 15) is 0 Å². The highest BCUT2D eigenvalue weighted by Gasteiger charge is 1.93. The molecular formula is C9H12N2. The summed E-state index contributed by atoms with van der Waals surface area (Å²) in [5, 5.41) is 0. The van der Waals surface area contributed by atoms with Crippen LogP contribution in [0.3, 0.4) is 0 Å². The van der Waals surface area contributed by atoms with E-state index in [-0.39, 0.29) is 0 Å². The van der Waals surface area contributed by atoms with E-state index >= 15 is 0 Å². The number of hydrogen-bond acceptors (Lipinski definition) is 2. The summed E-state index contributed by atoms with van der Waals surface area (Å²) in [5.74, 6) is 0. The second-order valence-electron chi connectivity index (χ2n) is 2.39. The summed E-state index contributed by atoms with van der Waals surface area (Å²) in [6.07, 6.45) is 1.76. The van der Waals surface area contributed by atoms with Gasteiger partial charge in [0.15, 0.2) is 0 Å². The van der Waals surface area contributed by atoms with Crippen LogP contribution in [0, 0.1) is 0 Å². The molecule has 0 spiro atoms. The second-order valence-corrected chi connectivity index (χ2v) is 2.39. The molecule has 1 aromatic rings. The molecule has 1 rings (SSSR count). The van der Waals surface area contributed by atoms with Crippen molar-refractivity contribution in [3.05, 3.63) is 37.0 Å². The Morgan fingerprint density at radius 2 is 1.91 bits per heavy atom. The van der Waals surface area contributed by atoms with Crippen molar-refractivity contribution in [1.29, 1.82) is 0 Å². The fourth-order valence-electron chi connectivity index (χ4n) is 0.815. The van der Waals surface area contributed by atoms with Gasteiger partial charge in [0.25, 0.3) is 0 Å². The van der Waals surface area contributed by atoms with E-state index in [4.69, 9.17) is 5.73 Å². The monoisotopic (exact) mass is 148 g/mol. The Morgan fingerprint density at radius 1 is 1.36 bits per heavy atom. The van der Waals surface area contributed by atoms with E-state index in [0.717, 1.165) is 11.4 Å². The van der Waals surface area contributed by atoms with Gasteiger partial charge in [-0.05, 0) is 30.5 Å². The Balaban J connectivity index is 2.89. The van der Waals surface area contributed by atoms with E-state index in [1.54, 1.807) is 6.20 Å². The maximum atomic E-state index is 5.52. The first-order valence-corrected chi connectivity index (χ1v) is 3.45. The second kappa shape index (κ2) is 3.10. The summed E-state index contributed by atoms with van der Waals surface area (Å²) in [6.45, 7) is 3.65. The molecule has 0 aromatic heterocycles. The molecule has 2 nitrogen and oxygen atoms in total. The Hall–Kier alpha value is -1.44. The fourth-order valence-corrected chi connectivity index (χ4v) is 0.815. The predicted molar refractivity (Wildman–Crippen MR) is 49.5 cm³/mol. The third-order valence-corrected chi connectivity index (χ3v) is 1.57. The Morgan fingerprint density at radius 3 is 2.36 bits per heavy atom. The van der Waals surface area contributed by atoms with Crippen molar-refractivity contribution in [3.8, 4) is 0 Å². The minimum absolute atomic E-state index is 0.784. The molecule has 0 atom stereocenters. The van der Waals surface area contributed by atoms with Crippen LogP contribution in [-0.2, 0) is 0 Å². The largest absolute Gasteiger partial charge is 0.399 e. The van der Waals surface area contributed by atoms with Gasteiger partial charge in [-0.15, -0.1) is 0 Å². The lowest BCUT2D eigenvalue weighted by atomic mass is 10.3. The number of nitrogens with two attached hydrogens (primary N) is 1. The lowest BCUT2D eigenvalue weighted by molar-refractivity contribution is 1.21. The van der Waals surface area contributed by atoms with Crippen LogP contribution < -0.4 is 10.6 Å². The number of nitrogen functional groups attached to an aromatic ring is 1. The van der Waals surface area contributed by atoms with Crippen LogP contribution >= 0.6 is 0 Å². The van der Waals surface area contributed by atoms with E-state index in [1.807, 2.05) is 36.2 Å². The van der Waals surface area contributed by atoms with Gasteiger partial charge in [-0.3, -0.25) is 0 Å². The molecule has 0 heterocycles. The topological polar surface area (TPSA) is 29.3 Å². The molecule has 1 aromatic carbocycles. The molecule has 0 unspecified atom stereocenters. The van der Waals surface area contributed by atoms with Crippen molar-refractivity contribution in [1.82, 2.24) is 0 Å². The Labute approximate surface area is 66.9 Å². The van der Waals surface area contributed by atoms with Crippen LogP contribution in [-0.4, -0.2) is 7.05 Å². The molecule has 0 amide bonds. The van der Waals surface area contributed by atoms with Crippen molar-refractivity contribution in [2.45, 2.75) is 0 Å². The molecule has 2 heteroatoms. The van der Waals surface area contributed by atoms with Crippen molar-refractivity contribution >= 4 is 11.4 Å². The average Bonchev–Trinajstić information content (AvgIpc) is 2.05. The molecule has 0 fully saturated rings. The van der Waals surface area contributed by atoms with Crippen molar-refractivity contribution < 1.29 is 0 Å². The first-order chi connectivity index (χ1) is 5.24. The highest BCUT2D eigenvalue weighted by Crippen LogP contribution is 2.14. The zero-order chi connectivity index (χ0) is 8.27. The fraction of sp³-hybridized carbons (Fsp3) is 0.111. The summed E-state index contributed by atoms with van der Waals surface area (Å²) < 4.78 is 0. The third-order valence-electron chi connectivity index (χ3n) is 1.57. The van der Waals surface area contributed by atoms with Gasteiger partial charge in [0.2, 0.25) is 0 Å². The van der Waals surface area contributed by atoms with Crippen molar-refractivity contribution in [2.24, 2.45) is 0 Å². The van der Waals surface area contributed by atoms with E-state index < -0.39 is 0 Å². The normalized spacial score (nSPS) is 9.18. The molecule has 0 aliphatic heterocycles. The smallest absolute Gasteiger partial charge is 0.0404 e. The van der Waals surface area contributed by atoms with Gasteiger partial charge in [-0.1, -0.05) is 6.58 Å². The first-order valence-electron chi connectivity index (χ1n) is 3.45. The maximum absolute atomic E-state index is 5.52. The maximum Gasteiger partial charge on any atom is 0.0404 e. The first kappa shape index (κ1) is 7.66. The van der Waals surface area contributed by atoms with Crippen LogP contribution in [0.25, 0.3) is 0 Å². The van der Waals surface area contributed by atoms with E-state index in [1.165, 1.54) is 0 Å². The number of anilines is 2. The molecule has 58 valence electrons. The van der Waals surface area contributed by atoms with E-state index in [2.05, 4.69) is 6.58 Å². The number of benzene rings is 1. The van der Waals surface area contributed by atoms with Crippen LogP contribution in [0.15, 0.2) is 37.0 Å². The van der Waals surface area contributed by atoms with Gasteiger partial charge < -0.3 is 10.6 Å². The van der Waals surface area contributed by atoms with Crippen molar-refractivity contribution in [2.75, 3.05) is 17.7 Å². The van der Waals surface area contributed by atoms with Crippen LogP contribution in [0.5, 0.6) is 0 Å². The van der Waals surface area contributed by atoms with Crippen LogP contribution in [0.2, 0.25) is 0 Å². The van der Waals surface area contributed by atoms with Gasteiger partial charge >= 0.3 is 0 Å².